The molecular weight excluding hydrogens is 448 g/mol. The largest absolute Gasteiger partial charge is 0.350 e. The SMILES string of the molecule is Cc1ccc(S(=O)(=O)Nc2ccccc2F)cc1C(=O)NCC(c1cccc(F)c1)N(C)C. The summed E-state index contributed by atoms with van der Waals surface area (Å²) in [6, 6.07) is 15.4. The number of sulfonamides is 1. The first kappa shape index (κ1) is 24.3. The van der Waals surface area contributed by atoms with E-state index in [4.69, 9.17) is 0 Å². The average molecular weight is 474 g/mol. The van der Waals surface area contributed by atoms with Crippen LogP contribution in [0.15, 0.2) is 71.6 Å². The van der Waals surface area contributed by atoms with Crippen molar-refractivity contribution in [1.82, 2.24) is 10.2 Å². The molecule has 1 amide bonds. The molecule has 2 N–H and O–H groups in total. The van der Waals surface area contributed by atoms with Crippen molar-refractivity contribution in [3.8, 4) is 0 Å². The number of halogens is 2. The van der Waals surface area contributed by atoms with Crippen LogP contribution in [0, 0.1) is 18.6 Å². The molecule has 3 rings (SSSR count). The molecular formula is C24H25F2N3O3S. The van der Waals surface area contributed by atoms with Crippen LogP contribution in [0.4, 0.5) is 14.5 Å². The maximum Gasteiger partial charge on any atom is 0.262 e. The van der Waals surface area contributed by atoms with Gasteiger partial charge in [-0.05, 0) is 68.5 Å². The van der Waals surface area contributed by atoms with Gasteiger partial charge in [0, 0.05) is 12.1 Å². The van der Waals surface area contributed by atoms with Crippen LogP contribution in [0.1, 0.15) is 27.5 Å². The van der Waals surface area contributed by atoms with Crippen molar-refractivity contribution in [3.63, 3.8) is 0 Å². The van der Waals surface area contributed by atoms with Gasteiger partial charge in [-0.15, -0.1) is 0 Å². The summed E-state index contributed by atoms with van der Waals surface area (Å²) in [5.74, 6) is -1.56. The molecule has 1 atom stereocenters. The van der Waals surface area contributed by atoms with Gasteiger partial charge in [-0.1, -0.05) is 30.3 Å². The summed E-state index contributed by atoms with van der Waals surface area (Å²) in [6.07, 6.45) is 0. The highest BCUT2D eigenvalue weighted by atomic mass is 32.2. The van der Waals surface area contributed by atoms with E-state index < -0.39 is 21.7 Å². The van der Waals surface area contributed by atoms with E-state index >= 15 is 0 Å². The second kappa shape index (κ2) is 10.1. The van der Waals surface area contributed by atoms with E-state index in [9.17, 15) is 22.0 Å². The van der Waals surface area contributed by atoms with Crippen LogP contribution in [-0.2, 0) is 10.0 Å². The van der Waals surface area contributed by atoms with Crippen LogP contribution in [0.2, 0.25) is 0 Å². The number of nitrogens with zero attached hydrogens (tertiary/aromatic N) is 1. The molecule has 0 saturated heterocycles. The normalized spacial score (nSPS) is 12.4. The number of rotatable bonds is 8. The molecule has 0 spiro atoms. The van der Waals surface area contributed by atoms with Crippen molar-refractivity contribution >= 4 is 21.6 Å². The summed E-state index contributed by atoms with van der Waals surface area (Å²) in [5.41, 5.74) is 1.25. The lowest BCUT2D eigenvalue weighted by Gasteiger charge is -2.25. The Morgan fingerprint density at radius 1 is 1.00 bits per heavy atom. The number of para-hydroxylation sites is 1. The molecule has 0 aliphatic carbocycles. The topological polar surface area (TPSA) is 78.5 Å². The lowest BCUT2D eigenvalue weighted by atomic mass is 10.0. The van der Waals surface area contributed by atoms with Crippen LogP contribution < -0.4 is 10.0 Å². The van der Waals surface area contributed by atoms with Gasteiger partial charge in [0.2, 0.25) is 0 Å². The van der Waals surface area contributed by atoms with Crippen LogP contribution in [-0.4, -0.2) is 39.9 Å². The Morgan fingerprint density at radius 2 is 1.73 bits per heavy atom. The molecule has 0 saturated carbocycles. The molecule has 3 aromatic carbocycles. The monoisotopic (exact) mass is 473 g/mol. The van der Waals surface area contributed by atoms with Gasteiger partial charge in [0.25, 0.3) is 15.9 Å². The minimum Gasteiger partial charge on any atom is -0.350 e. The fraction of sp³-hybridized carbons (Fsp3) is 0.208. The van der Waals surface area contributed by atoms with Gasteiger partial charge >= 0.3 is 0 Å². The second-order valence-corrected chi connectivity index (χ2v) is 9.49. The highest BCUT2D eigenvalue weighted by Crippen LogP contribution is 2.22. The number of nitrogens with one attached hydrogen (secondary N) is 2. The number of anilines is 1. The van der Waals surface area contributed by atoms with Crippen molar-refractivity contribution in [1.29, 1.82) is 0 Å². The third kappa shape index (κ3) is 5.94. The molecule has 0 heterocycles. The maximum absolute atomic E-state index is 13.9. The first-order chi connectivity index (χ1) is 15.6. The van der Waals surface area contributed by atoms with Gasteiger partial charge in [-0.3, -0.25) is 9.52 Å². The smallest absolute Gasteiger partial charge is 0.262 e. The first-order valence-corrected chi connectivity index (χ1v) is 11.6. The summed E-state index contributed by atoms with van der Waals surface area (Å²) in [5, 5.41) is 2.80. The Bertz CT molecular complexity index is 1260. The van der Waals surface area contributed by atoms with Gasteiger partial charge in [0.05, 0.1) is 16.6 Å². The van der Waals surface area contributed by atoms with E-state index in [1.165, 1.54) is 48.5 Å². The lowest BCUT2D eigenvalue weighted by Crippen LogP contribution is -2.35. The maximum atomic E-state index is 13.9. The van der Waals surface area contributed by atoms with Crippen molar-refractivity contribution < 1.29 is 22.0 Å². The van der Waals surface area contributed by atoms with Crippen LogP contribution >= 0.6 is 0 Å². The minimum absolute atomic E-state index is 0.170. The number of hydrogen-bond donors (Lipinski definition) is 2. The van der Waals surface area contributed by atoms with E-state index in [-0.39, 0.29) is 34.6 Å². The van der Waals surface area contributed by atoms with Gasteiger partial charge in [0.1, 0.15) is 11.6 Å². The average Bonchev–Trinajstić information content (AvgIpc) is 2.75. The van der Waals surface area contributed by atoms with Gasteiger partial charge in [-0.2, -0.15) is 0 Å². The molecule has 0 aliphatic rings. The molecule has 33 heavy (non-hydrogen) atoms. The fourth-order valence-corrected chi connectivity index (χ4v) is 4.45. The molecule has 1 unspecified atom stereocenters. The lowest BCUT2D eigenvalue weighted by molar-refractivity contribution is 0.0941. The number of carbonyl (C=O) groups is 1. The molecule has 3 aromatic rings. The van der Waals surface area contributed by atoms with Crippen LogP contribution in [0.5, 0.6) is 0 Å². The number of hydrogen-bond acceptors (Lipinski definition) is 4. The van der Waals surface area contributed by atoms with E-state index in [0.29, 0.717) is 11.1 Å². The Balaban J connectivity index is 1.81. The third-order valence-electron chi connectivity index (χ3n) is 5.19. The van der Waals surface area contributed by atoms with Crippen molar-refractivity contribution in [2.45, 2.75) is 17.9 Å². The van der Waals surface area contributed by atoms with Crippen LogP contribution in [0.25, 0.3) is 0 Å². The summed E-state index contributed by atoms with van der Waals surface area (Å²) in [6.45, 7) is 1.87. The van der Waals surface area contributed by atoms with Gasteiger partial charge in [-0.25, -0.2) is 17.2 Å². The van der Waals surface area contributed by atoms with E-state index in [0.717, 1.165) is 6.07 Å². The van der Waals surface area contributed by atoms with Crippen molar-refractivity contribution in [2.24, 2.45) is 0 Å². The third-order valence-corrected chi connectivity index (χ3v) is 6.56. The molecule has 6 nitrogen and oxygen atoms in total. The minimum atomic E-state index is -4.12. The molecule has 174 valence electrons. The van der Waals surface area contributed by atoms with Gasteiger partial charge in [0.15, 0.2) is 0 Å². The zero-order valence-corrected chi connectivity index (χ0v) is 19.3. The molecule has 0 fully saturated rings. The second-order valence-electron chi connectivity index (χ2n) is 7.81. The summed E-state index contributed by atoms with van der Waals surface area (Å²) in [4.78, 5) is 14.6. The molecule has 9 heteroatoms. The Hall–Kier alpha value is -3.30. The van der Waals surface area contributed by atoms with Crippen LogP contribution in [0.3, 0.4) is 0 Å². The molecule has 0 bridgehead atoms. The summed E-state index contributed by atoms with van der Waals surface area (Å²) in [7, 11) is -0.493. The zero-order valence-electron chi connectivity index (χ0n) is 18.5. The number of amides is 1. The highest BCUT2D eigenvalue weighted by molar-refractivity contribution is 7.92. The molecule has 0 radical (unpaired) electrons. The summed E-state index contributed by atoms with van der Waals surface area (Å²) < 4.78 is 55.3. The predicted molar refractivity (Wildman–Crippen MR) is 124 cm³/mol. The first-order valence-electron chi connectivity index (χ1n) is 10.2. The number of aryl methyl sites for hydroxylation is 1. The molecule has 0 aliphatic heterocycles. The highest BCUT2D eigenvalue weighted by Gasteiger charge is 2.21. The van der Waals surface area contributed by atoms with Crippen molar-refractivity contribution in [3.05, 3.63) is 95.1 Å². The summed E-state index contributed by atoms with van der Waals surface area (Å²) >= 11 is 0. The Morgan fingerprint density at radius 3 is 2.39 bits per heavy atom. The number of carbonyl (C=O) groups excluding carboxylic acids is 1. The number of likely N-dealkylation sites (N-methyl/N-ethyl adjacent to an activating group) is 1. The van der Waals surface area contributed by atoms with E-state index in [2.05, 4.69) is 10.0 Å². The number of benzene rings is 3. The van der Waals surface area contributed by atoms with Crippen molar-refractivity contribution in [2.75, 3.05) is 25.4 Å². The standard InChI is InChI=1S/C24H25F2N3O3S/c1-16-11-12-19(33(31,32)28-22-10-5-4-9-21(22)26)14-20(16)24(30)27-15-23(29(2)3)17-7-6-8-18(25)13-17/h4-14,23,28H,15H2,1-3H3,(H,27,30). The molecule has 0 aromatic heterocycles. The van der Waals surface area contributed by atoms with Gasteiger partial charge < -0.3 is 10.2 Å². The van der Waals surface area contributed by atoms with E-state index in [1.54, 1.807) is 19.1 Å². The quantitative estimate of drug-likeness (QED) is 0.516. The predicted octanol–water partition coefficient (Wildman–Crippen LogP) is 4.11. The Labute approximate surface area is 192 Å². The van der Waals surface area contributed by atoms with E-state index in [1.807, 2.05) is 19.0 Å². The zero-order chi connectivity index (χ0) is 24.2. The Kier molecular flexibility index (Phi) is 7.45. The fourth-order valence-electron chi connectivity index (χ4n) is 3.36.